The molecule has 0 saturated carbocycles. The Kier molecular flexibility index (Phi) is 6.08. The number of methoxy groups -OCH3 is 1. The van der Waals surface area contributed by atoms with Crippen LogP contribution in [-0.2, 0) is 10.9 Å². The maximum Gasteiger partial charge on any atom is 0.416 e. The molecule has 5 rings (SSSR count). The second-order valence-electron chi connectivity index (χ2n) is 8.80. The monoisotopic (exact) mass is 488 g/mol. The standard InChI is InChI=1S/C25H27F3N4O3/c1-14-17(5-4-6-19(14)25(26,27)28)15(2)30-23-18-11-22(35-16-7-10-34-13-16)21(33-3)12-20(18)32-9-8-29-24(32)31-23/h4-6,11-12,15-16H,7-10,13H2,1-3H3,(H,29,30,31). The molecule has 0 aromatic heterocycles. The van der Waals surface area contributed by atoms with E-state index in [1.165, 1.54) is 13.0 Å². The van der Waals surface area contributed by atoms with Crippen LogP contribution in [-0.4, -0.2) is 51.3 Å². The average molecular weight is 489 g/mol. The zero-order valence-corrected chi connectivity index (χ0v) is 19.8. The first kappa shape index (κ1) is 23.5. The predicted molar refractivity (Wildman–Crippen MR) is 127 cm³/mol. The zero-order chi connectivity index (χ0) is 24.7. The summed E-state index contributed by atoms with van der Waals surface area (Å²) < 4.78 is 57.7. The van der Waals surface area contributed by atoms with Crippen LogP contribution in [0.4, 0.5) is 18.9 Å². The molecule has 3 heterocycles. The van der Waals surface area contributed by atoms with Crippen molar-refractivity contribution in [2.24, 2.45) is 9.98 Å². The minimum absolute atomic E-state index is 0.0746. The van der Waals surface area contributed by atoms with Gasteiger partial charge >= 0.3 is 6.18 Å². The van der Waals surface area contributed by atoms with Crippen LogP contribution in [0.25, 0.3) is 0 Å². The minimum Gasteiger partial charge on any atom is -0.493 e. The van der Waals surface area contributed by atoms with Crippen molar-refractivity contribution in [2.45, 2.75) is 38.6 Å². The lowest BCUT2D eigenvalue weighted by molar-refractivity contribution is -0.138. The first-order chi connectivity index (χ1) is 16.8. The van der Waals surface area contributed by atoms with Crippen molar-refractivity contribution in [3.8, 4) is 11.5 Å². The van der Waals surface area contributed by atoms with E-state index in [1.54, 1.807) is 13.2 Å². The number of nitrogens with zero attached hydrogens (tertiary/aromatic N) is 3. The number of nitrogens with one attached hydrogen (secondary N) is 1. The average Bonchev–Trinajstić information content (AvgIpc) is 3.50. The van der Waals surface area contributed by atoms with Crippen molar-refractivity contribution in [3.63, 3.8) is 0 Å². The van der Waals surface area contributed by atoms with E-state index in [0.29, 0.717) is 55.2 Å². The Balaban J connectivity index is 1.51. The molecule has 1 N–H and O–H groups in total. The number of amidine groups is 1. The maximum atomic E-state index is 13.5. The summed E-state index contributed by atoms with van der Waals surface area (Å²) in [5.41, 5.74) is 1.74. The summed E-state index contributed by atoms with van der Waals surface area (Å²) in [5, 5.41) is 3.34. The maximum absolute atomic E-state index is 13.5. The molecular weight excluding hydrogens is 461 g/mol. The highest BCUT2D eigenvalue weighted by molar-refractivity contribution is 6.19. The molecule has 1 fully saturated rings. The summed E-state index contributed by atoms with van der Waals surface area (Å²) >= 11 is 0. The Morgan fingerprint density at radius 2 is 2.06 bits per heavy atom. The summed E-state index contributed by atoms with van der Waals surface area (Å²) in [6.07, 6.45) is -3.70. The van der Waals surface area contributed by atoms with E-state index in [2.05, 4.69) is 10.3 Å². The fraction of sp³-hybridized carbons (Fsp3) is 0.440. The van der Waals surface area contributed by atoms with Gasteiger partial charge in [0.1, 0.15) is 11.9 Å². The minimum atomic E-state index is -4.42. The molecule has 35 heavy (non-hydrogen) atoms. The van der Waals surface area contributed by atoms with Crippen molar-refractivity contribution in [2.75, 3.05) is 38.3 Å². The van der Waals surface area contributed by atoms with E-state index >= 15 is 0 Å². The fourth-order valence-electron chi connectivity index (χ4n) is 4.74. The number of hydrogen-bond acceptors (Lipinski definition) is 7. The molecule has 186 valence electrons. The van der Waals surface area contributed by atoms with Crippen LogP contribution in [0.2, 0.25) is 0 Å². The van der Waals surface area contributed by atoms with Gasteiger partial charge in [-0.25, -0.2) is 4.99 Å². The molecule has 0 bridgehead atoms. The summed E-state index contributed by atoms with van der Waals surface area (Å²) in [7, 11) is 1.59. The Morgan fingerprint density at radius 3 is 2.77 bits per heavy atom. The summed E-state index contributed by atoms with van der Waals surface area (Å²) in [5.74, 6) is 2.24. The van der Waals surface area contributed by atoms with Gasteiger partial charge in [0.2, 0.25) is 5.96 Å². The van der Waals surface area contributed by atoms with Crippen LogP contribution in [0.3, 0.4) is 0 Å². The Hall–Kier alpha value is -3.27. The molecule has 0 amide bonds. The highest BCUT2D eigenvalue weighted by atomic mass is 19.4. The van der Waals surface area contributed by atoms with E-state index in [4.69, 9.17) is 19.2 Å². The van der Waals surface area contributed by atoms with Gasteiger partial charge in [-0.2, -0.15) is 18.2 Å². The highest BCUT2D eigenvalue weighted by Crippen LogP contribution is 2.40. The molecule has 10 heteroatoms. The number of alkyl halides is 3. The number of anilines is 1. The van der Waals surface area contributed by atoms with Crippen LogP contribution >= 0.6 is 0 Å². The fourth-order valence-corrected chi connectivity index (χ4v) is 4.74. The van der Waals surface area contributed by atoms with Crippen molar-refractivity contribution >= 4 is 17.5 Å². The van der Waals surface area contributed by atoms with Gasteiger partial charge in [0.05, 0.1) is 44.2 Å². The van der Waals surface area contributed by atoms with E-state index in [0.717, 1.165) is 23.7 Å². The first-order valence-electron chi connectivity index (χ1n) is 11.6. The number of rotatable bonds is 5. The van der Waals surface area contributed by atoms with E-state index in [1.807, 2.05) is 24.0 Å². The molecular formula is C25H27F3N4O3. The first-order valence-corrected chi connectivity index (χ1v) is 11.6. The molecule has 2 aromatic carbocycles. The molecule has 1 saturated heterocycles. The lowest BCUT2D eigenvalue weighted by atomic mass is 9.96. The molecule has 0 spiro atoms. The van der Waals surface area contributed by atoms with Crippen molar-refractivity contribution in [1.82, 2.24) is 5.32 Å². The smallest absolute Gasteiger partial charge is 0.416 e. The third-order valence-electron chi connectivity index (χ3n) is 6.54. The second-order valence-corrected chi connectivity index (χ2v) is 8.80. The van der Waals surface area contributed by atoms with Gasteiger partial charge in [0.15, 0.2) is 11.5 Å². The van der Waals surface area contributed by atoms with Gasteiger partial charge in [-0.15, -0.1) is 0 Å². The quantitative estimate of drug-likeness (QED) is 0.673. The van der Waals surface area contributed by atoms with E-state index < -0.39 is 17.8 Å². The van der Waals surface area contributed by atoms with Gasteiger partial charge in [-0.3, -0.25) is 0 Å². The Labute approximate surface area is 201 Å². The van der Waals surface area contributed by atoms with Gasteiger partial charge in [0.25, 0.3) is 0 Å². The number of ether oxygens (including phenoxy) is 3. The molecule has 7 nitrogen and oxygen atoms in total. The van der Waals surface area contributed by atoms with Crippen LogP contribution in [0.1, 0.15) is 41.6 Å². The normalized spacial score (nSPS) is 20.1. The number of benzene rings is 2. The highest BCUT2D eigenvalue weighted by Gasteiger charge is 2.34. The van der Waals surface area contributed by atoms with Crippen LogP contribution in [0.5, 0.6) is 11.5 Å². The van der Waals surface area contributed by atoms with Crippen molar-refractivity contribution in [1.29, 1.82) is 0 Å². The van der Waals surface area contributed by atoms with E-state index in [-0.39, 0.29) is 11.7 Å². The van der Waals surface area contributed by atoms with Crippen molar-refractivity contribution in [3.05, 3.63) is 52.6 Å². The Bertz CT molecular complexity index is 1190. The van der Waals surface area contributed by atoms with Crippen LogP contribution in [0, 0.1) is 6.92 Å². The topological polar surface area (TPSA) is 67.7 Å². The molecule has 2 unspecified atom stereocenters. The summed E-state index contributed by atoms with van der Waals surface area (Å²) in [6, 6.07) is 7.58. The van der Waals surface area contributed by atoms with Crippen LogP contribution < -0.4 is 19.7 Å². The number of halogens is 3. The predicted octanol–water partition coefficient (Wildman–Crippen LogP) is 4.48. The number of fused-ring (bicyclic) bond motifs is 3. The van der Waals surface area contributed by atoms with Crippen LogP contribution in [0.15, 0.2) is 40.3 Å². The van der Waals surface area contributed by atoms with Gasteiger partial charge in [-0.05, 0) is 37.1 Å². The largest absolute Gasteiger partial charge is 0.493 e. The molecule has 0 aliphatic carbocycles. The molecule has 3 aliphatic rings. The number of guanidine groups is 1. The molecule has 2 atom stereocenters. The number of hydrogen-bond donors (Lipinski definition) is 1. The second kappa shape index (κ2) is 9.07. The van der Waals surface area contributed by atoms with Gasteiger partial charge in [0, 0.05) is 24.6 Å². The third kappa shape index (κ3) is 4.42. The van der Waals surface area contributed by atoms with Crippen molar-refractivity contribution < 1.29 is 27.4 Å². The van der Waals surface area contributed by atoms with Gasteiger partial charge in [-0.1, -0.05) is 12.1 Å². The lowest BCUT2D eigenvalue weighted by Gasteiger charge is -2.30. The molecule has 0 radical (unpaired) electrons. The lowest BCUT2D eigenvalue weighted by Crippen LogP contribution is -2.38. The molecule has 2 aromatic rings. The summed E-state index contributed by atoms with van der Waals surface area (Å²) in [6.45, 7) is 5.76. The SMILES string of the molecule is COc1cc2c(cc1OC1CCOC1)C(NC(C)c1cccc(C(F)(F)F)c1C)=NC1=NCCN12. The Morgan fingerprint density at radius 1 is 1.23 bits per heavy atom. The summed E-state index contributed by atoms with van der Waals surface area (Å²) in [4.78, 5) is 11.2. The molecule has 3 aliphatic heterocycles. The zero-order valence-electron chi connectivity index (χ0n) is 19.8. The number of aliphatic imine (C=N–C) groups is 2. The van der Waals surface area contributed by atoms with Gasteiger partial charge < -0.3 is 24.4 Å². The third-order valence-corrected chi connectivity index (χ3v) is 6.54. The van der Waals surface area contributed by atoms with E-state index in [9.17, 15) is 13.2 Å².